The number of nitrogens with one attached hydrogen (secondary N) is 1. The maximum absolute atomic E-state index is 12.3. The fraction of sp³-hybridized carbons (Fsp3) is 0.579. The zero-order chi connectivity index (χ0) is 17.9. The third-order valence-corrected chi connectivity index (χ3v) is 4.47. The van der Waals surface area contributed by atoms with Crippen LogP contribution in [0, 0.1) is 5.41 Å². The van der Waals surface area contributed by atoms with Crippen LogP contribution in [0.5, 0.6) is 0 Å². The van der Waals surface area contributed by atoms with Crippen molar-refractivity contribution in [1.82, 2.24) is 10.2 Å². The van der Waals surface area contributed by atoms with Gasteiger partial charge in [0.1, 0.15) is 0 Å². The molecule has 1 N–H and O–H groups in total. The summed E-state index contributed by atoms with van der Waals surface area (Å²) in [5.41, 5.74) is 1.77. The average molecular weight is 332 g/mol. The summed E-state index contributed by atoms with van der Waals surface area (Å²) >= 11 is 0. The summed E-state index contributed by atoms with van der Waals surface area (Å²) in [6, 6.07) is 7.40. The lowest BCUT2D eigenvalue weighted by Gasteiger charge is -2.33. The molecule has 1 aliphatic rings. The first-order chi connectivity index (χ1) is 11.2. The molecular formula is C19H28N2O3. The van der Waals surface area contributed by atoms with Gasteiger partial charge in [0.2, 0.25) is 5.91 Å². The maximum atomic E-state index is 12.3. The molecule has 1 heterocycles. The van der Waals surface area contributed by atoms with Crippen molar-refractivity contribution < 1.29 is 14.3 Å². The fourth-order valence-electron chi connectivity index (χ4n) is 3.08. The lowest BCUT2D eigenvalue weighted by molar-refractivity contribution is -0.130. The number of esters is 1. The van der Waals surface area contributed by atoms with Crippen molar-refractivity contribution in [3.63, 3.8) is 0 Å². The summed E-state index contributed by atoms with van der Waals surface area (Å²) in [7, 11) is 1.37. The molecule has 1 aromatic carbocycles. The van der Waals surface area contributed by atoms with Gasteiger partial charge in [0, 0.05) is 0 Å². The minimum atomic E-state index is -0.347. The standard InChI is InChI=1S/C19H28N2O3/c1-13-20-12-17(22)21(13)16(10-11-19(2,3)4)14-6-8-15(9-7-14)18(23)24-5/h6-9,13,16,20H,10-12H2,1-5H3/t13?,16-/m1/s1. The molecule has 2 atom stereocenters. The number of methoxy groups -OCH3 is 1. The highest BCUT2D eigenvalue weighted by molar-refractivity contribution is 5.89. The van der Waals surface area contributed by atoms with Crippen LogP contribution in [-0.4, -0.2) is 36.6 Å². The van der Waals surface area contributed by atoms with E-state index >= 15 is 0 Å². The Morgan fingerprint density at radius 2 is 1.96 bits per heavy atom. The predicted octanol–water partition coefficient (Wildman–Crippen LogP) is 3.12. The Kier molecular flexibility index (Phi) is 5.65. The van der Waals surface area contributed by atoms with Gasteiger partial charge < -0.3 is 9.64 Å². The van der Waals surface area contributed by atoms with E-state index in [0.29, 0.717) is 12.1 Å². The molecule has 132 valence electrons. The SMILES string of the molecule is COC(=O)c1ccc([C@@H](CCC(C)(C)C)N2C(=O)CNC2C)cc1. The lowest BCUT2D eigenvalue weighted by atomic mass is 9.86. The maximum Gasteiger partial charge on any atom is 0.337 e. The second-order valence-corrected chi connectivity index (χ2v) is 7.59. The summed E-state index contributed by atoms with van der Waals surface area (Å²) in [4.78, 5) is 25.9. The van der Waals surface area contributed by atoms with Crippen LogP contribution in [0.2, 0.25) is 0 Å². The van der Waals surface area contributed by atoms with Crippen LogP contribution < -0.4 is 5.32 Å². The van der Waals surface area contributed by atoms with Gasteiger partial charge in [0.15, 0.2) is 0 Å². The summed E-state index contributed by atoms with van der Waals surface area (Å²) in [5.74, 6) is -0.224. The highest BCUT2D eigenvalue weighted by Gasteiger charge is 2.34. The highest BCUT2D eigenvalue weighted by Crippen LogP contribution is 2.33. The number of carbonyl (C=O) groups is 2. The molecule has 0 bridgehead atoms. The molecule has 0 radical (unpaired) electrons. The first-order valence-electron chi connectivity index (χ1n) is 8.46. The Bertz CT molecular complexity index is 590. The van der Waals surface area contributed by atoms with Crippen LogP contribution in [0.4, 0.5) is 0 Å². The van der Waals surface area contributed by atoms with Crippen LogP contribution in [0.1, 0.15) is 62.5 Å². The molecule has 1 aromatic rings. The Morgan fingerprint density at radius 1 is 1.33 bits per heavy atom. The highest BCUT2D eigenvalue weighted by atomic mass is 16.5. The van der Waals surface area contributed by atoms with Crippen molar-refractivity contribution in [2.75, 3.05) is 13.7 Å². The molecule has 24 heavy (non-hydrogen) atoms. The second kappa shape index (κ2) is 7.34. The lowest BCUT2D eigenvalue weighted by Crippen LogP contribution is -2.38. The summed E-state index contributed by atoms with van der Waals surface area (Å²) < 4.78 is 4.75. The molecule has 2 rings (SSSR count). The number of hydrogen-bond donors (Lipinski definition) is 1. The minimum absolute atomic E-state index is 0.00780. The Labute approximate surface area is 144 Å². The normalized spacial score (nSPS) is 19.5. The molecule has 0 spiro atoms. The third-order valence-electron chi connectivity index (χ3n) is 4.47. The number of hydrogen-bond acceptors (Lipinski definition) is 4. The number of amides is 1. The molecule has 1 amide bonds. The van der Waals surface area contributed by atoms with E-state index in [-0.39, 0.29) is 29.5 Å². The van der Waals surface area contributed by atoms with E-state index in [1.165, 1.54) is 7.11 Å². The largest absolute Gasteiger partial charge is 0.465 e. The van der Waals surface area contributed by atoms with Gasteiger partial charge in [-0.05, 0) is 42.9 Å². The molecule has 1 saturated heterocycles. The molecule has 0 aliphatic carbocycles. The molecule has 5 heteroatoms. The van der Waals surface area contributed by atoms with E-state index in [9.17, 15) is 9.59 Å². The van der Waals surface area contributed by atoms with Crippen molar-refractivity contribution in [2.24, 2.45) is 5.41 Å². The van der Waals surface area contributed by atoms with Gasteiger partial charge in [-0.25, -0.2) is 4.79 Å². The van der Waals surface area contributed by atoms with Gasteiger partial charge in [-0.2, -0.15) is 0 Å². The first-order valence-corrected chi connectivity index (χ1v) is 8.46. The molecule has 0 aromatic heterocycles. The molecule has 1 aliphatic heterocycles. The monoisotopic (exact) mass is 332 g/mol. The van der Waals surface area contributed by atoms with E-state index in [1.54, 1.807) is 12.1 Å². The summed E-state index contributed by atoms with van der Waals surface area (Å²) in [5, 5.41) is 3.21. The molecule has 1 fully saturated rings. The molecule has 0 saturated carbocycles. The third kappa shape index (κ3) is 4.35. The Balaban J connectivity index is 2.27. The fourth-order valence-corrected chi connectivity index (χ4v) is 3.08. The van der Waals surface area contributed by atoms with Crippen molar-refractivity contribution in [1.29, 1.82) is 0 Å². The van der Waals surface area contributed by atoms with Crippen molar-refractivity contribution in [3.8, 4) is 0 Å². The molecular weight excluding hydrogens is 304 g/mol. The van der Waals surface area contributed by atoms with Crippen LogP contribution in [0.25, 0.3) is 0 Å². The number of carbonyl (C=O) groups excluding carboxylic acids is 2. The van der Waals surface area contributed by atoms with E-state index in [2.05, 4.69) is 26.1 Å². The van der Waals surface area contributed by atoms with E-state index in [1.807, 2.05) is 24.0 Å². The number of rotatable bonds is 5. The van der Waals surface area contributed by atoms with Crippen molar-refractivity contribution >= 4 is 11.9 Å². The smallest absolute Gasteiger partial charge is 0.337 e. The summed E-state index contributed by atoms with van der Waals surface area (Å²) in [6.45, 7) is 9.01. The van der Waals surface area contributed by atoms with Gasteiger partial charge in [0.05, 0.1) is 31.4 Å². The number of ether oxygens (including phenoxy) is 1. The predicted molar refractivity (Wildman–Crippen MR) is 93.5 cm³/mol. The Hall–Kier alpha value is -1.88. The van der Waals surface area contributed by atoms with Gasteiger partial charge in [-0.1, -0.05) is 32.9 Å². The van der Waals surface area contributed by atoms with Crippen LogP contribution in [0.3, 0.4) is 0 Å². The van der Waals surface area contributed by atoms with Crippen LogP contribution in [-0.2, 0) is 9.53 Å². The molecule has 5 nitrogen and oxygen atoms in total. The van der Waals surface area contributed by atoms with E-state index < -0.39 is 0 Å². The van der Waals surface area contributed by atoms with Crippen LogP contribution in [0.15, 0.2) is 24.3 Å². The first kappa shape index (κ1) is 18.5. The van der Waals surface area contributed by atoms with Gasteiger partial charge in [-0.3, -0.25) is 10.1 Å². The quantitative estimate of drug-likeness (QED) is 0.842. The van der Waals surface area contributed by atoms with Gasteiger partial charge in [-0.15, -0.1) is 0 Å². The van der Waals surface area contributed by atoms with Crippen molar-refractivity contribution in [2.45, 2.75) is 52.7 Å². The minimum Gasteiger partial charge on any atom is -0.465 e. The van der Waals surface area contributed by atoms with Crippen molar-refractivity contribution in [3.05, 3.63) is 35.4 Å². The van der Waals surface area contributed by atoms with Crippen LogP contribution >= 0.6 is 0 Å². The van der Waals surface area contributed by atoms with E-state index in [4.69, 9.17) is 4.74 Å². The second-order valence-electron chi connectivity index (χ2n) is 7.59. The Morgan fingerprint density at radius 3 is 2.42 bits per heavy atom. The van der Waals surface area contributed by atoms with Gasteiger partial charge >= 0.3 is 5.97 Å². The number of benzene rings is 1. The summed E-state index contributed by atoms with van der Waals surface area (Å²) in [6.07, 6.45) is 1.91. The van der Waals surface area contributed by atoms with Gasteiger partial charge in [0.25, 0.3) is 0 Å². The average Bonchev–Trinajstić information content (AvgIpc) is 2.86. The zero-order valence-corrected chi connectivity index (χ0v) is 15.3. The zero-order valence-electron chi connectivity index (χ0n) is 15.3. The molecule has 1 unspecified atom stereocenters. The number of nitrogens with zero attached hydrogens (tertiary/aromatic N) is 1. The van der Waals surface area contributed by atoms with E-state index in [0.717, 1.165) is 18.4 Å². The topological polar surface area (TPSA) is 58.6 Å².